The maximum atomic E-state index is 13.8. The highest BCUT2D eigenvalue weighted by Gasteiger charge is 2.30. The quantitative estimate of drug-likeness (QED) is 0.399. The molecule has 2 aliphatic heterocycles. The number of amides is 2. The number of hydrogen-bond donors (Lipinski definition) is 1. The summed E-state index contributed by atoms with van der Waals surface area (Å²) in [6.07, 6.45) is 10.0. The van der Waals surface area contributed by atoms with Crippen LogP contribution in [0.2, 0.25) is 0 Å². The monoisotopic (exact) mass is 554 g/mol. The minimum Gasteiger partial charge on any atom is -0.493 e. The third-order valence-electron chi connectivity index (χ3n) is 7.98. The maximum Gasteiger partial charge on any atom is 0.274 e. The number of fused-ring (bicyclic) bond motifs is 1. The average Bonchev–Trinajstić information content (AvgIpc) is 3.29. The highest BCUT2D eigenvalue weighted by atomic mass is 16.5. The summed E-state index contributed by atoms with van der Waals surface area (Å²) in [6.45, 7) is 3.40. The molecule has 0 radical (unpaired) electrons. The van der Waals surface area contributed by atoms with Gasteiger partial charge in [0.05, 0.1) is 19.9 Å². The van der Waals surface area contributed by atoms with Gasteiger partial charge in [0.2, 0.25) is 5.91 Å². The van der Waals surface area contributed by atoms with E-state index in [4.69, 9.17) is 14.6 Å². The van der Waals surface area contributed by atoms with Gasteiger partial charge in [-0.3, -0.25) is 9.59 Å². The Morgan fingerprint density at radius 2 is 1.85 bits per heavy atom. The lowest BCUT2D eigenvalue weighted by Crippen LogP contribution is -2.35. The first-order valence-corrected chi connectivity index (χ1v) is 14.3. The molecule has 1 fully saturated rings. The fraction of sp³-hybridized carbons (Fsp3) is 0.364. The second kappa shape index (κ2) is 12.9. The Morgan fingerprint density at radius 3 is 2.63 bits per heavy atom. The molecule has 0 bridgehead atoms. The van der Waals surface area contributed by atoms with Crippen LogP contribution >= 0.6 is 0 Å². The van der Waals surface area contributed by atoms with Crippen LogP contribution in [0.25, 0.3) is 5.70 Å². The lowest BCUT2D eigenvalue weighted by molar-refractivity contribution is -0.117. The predicted molar refractivity (Wildman–Crippen MR) is 160 cm³/mol. The lowest BCUT2D eigenvalue weighted by Gasteiger charge is -2.25. The Labute approximate surface area is 241 Å². The van der Waals surface area contributed by atoms with Crippen molar-refractivity contribution < 1.29 is 19.1 Å². The molecule has 3 aromatic rings. The van der Waals surface area contributed by atoms with Crippen LogP contribution in [0, 0.1) is 11.8 Å². The number of ether oxygens (including phenoxy) is 2. The van der Waals surface area contributed by atoms with Gasteiger partial charge in [-0.1, -0.05) is 37.3 Å². The summed E-state index contributed by atoms with van der Waals surface area (Å²) in [6, 6.07) is 17.2. The summed E-state index contributed by atoms with van der Waals surface area (Å²) in [7, 11) is 3.23. The Bertz CT molecular complexity index is 1440. The number of benzene rings is 2. The number of carbonyl (C=O) groups excluding carboxylic acids is 2. The van der Waals surface area contributed by atoms with Gasteiger partial charge >= 0.3 is 0 Å². The van der Waals surface area contributed by atoms with Gasteiger partial charge in [0.25, 0.3) is 5.91 Å². The van der Waals surface area contributed by atoms with Crippen LogP contribution in [0.1, 0.15) is 54.4 Å². The molecule has 1 aromatic heterocycles. The van der Waals surface area contributed by atoms with Crippen molar-refractivity contribution in [3.05, 3.63) is 89.8 Å². The number of nitrogens with zero attached hydrogens (tertiary/aromatic N) is 3. The third kappa shape index (κ3) is 6.53. The number of aryl methyl sites for hydroxylation is 1. The fourth-order valence-electron chi connectivity index (χ4n) is 5.72. The molecule has 0 aliphatic carbocycles. The van der Waals surface area contributed by atoms with E-state index in [0.29, 0.717) is 36.7 Å². The van der Waals surface area contributed by atoms with Crippen molar-refractivity contribution in [1.82, 2.24) is 14.7 Å². The number of hydrogen-bond acceptors (Lipinski definition) is 5. The maximum absolute atomic E-state index is 13.8. The smallest absolute Gasteiger partial charge is 0.274 e. The van der Waals surface area contributed by atoms with Crippen molar-refractivity contribution in [2.24, 2.45) is 11.8 Å². The highest BCUT2D eigenvalue weighted by molar-refractivity contribution is 5.93. The molecule has 2 atom stereocenters. The molecular weight excluding hydrogens is 516 g/mol. The minimum absolute atomic E-state index is 0.0184. The van der Waals surface area contributed by atoms with Gasteiger partial charge in [-0.25, -0.2) is 4.68 Å². The number of likely N-dealkylation sites (tertiary alicyclic amines) is 1. The molecule has 8 heteroatoms. The zero-order valence-electron chi connectivity index (χ0n) is 24.0. The van der Waals surface area contributed by atoms with E-state index >= 15 is 0 Å². The number of nitrogens with one attached hydrogen (secondary N) is 1. The molecule has 1 saturated heterocycles. The Balaban J connectivity index is 1.32. The van der Waals surface area contributed by atoms with Crippen molar-refractivity contribution in [3.8, 4) is 11.5 Å². The van der Waals surface area contributed by atoms with E-state index in [0.717, 1.165) is 48.3 Å². The molecule has 214 valence electrons. The molecule has 1 unspecified atom stereocenters. The van der Waals surface area contributed by atoms with Gasteiger partial charge in [-0.05, 0) is 80.0 Å². The van der Waals surface area contributed by atoms with E-state index in [9.17, 15) is 9.59 Å². The molecule has 2 amide bonds. The summed E-state index contributed by atoms with van der Waals surface area (Å²) in [4.78, 5) is 28.4. The van der Waals surface area contributed by atoms with Gasteiger partial charge < -0.3 is 19.7 Å². The lowest BCUT2D eigenvalue weighted by atomic mass is 9.87. The topological polar surface area (TPSA) is 85.7 Å². The second-order valence-corrected chi connectivity index (χ2v) is 10.8. The Morgan fingerprint density at radius 1 is 1.05 bits per heavy atom. The minimum atomic E-state index is -0.0647. The van der Waals surface area contributed by atoms with Crippen molar-refractivity contribution in [1.29, 1.82) is 0 Å². The van der Waals surface area contributed by atoms with Crippen molar-refractivity contribution in [2.45, 2.75) is 39.0 Å². The number of carbonyl (C=O) groups is 2. The first-order valence-electron chi connectivity index (χ1n) is 14.3. The molecule has 0 saturated carbocycles. The Hall–Kier alpha value is -4.33. The SMILES string of the molecule is COc1ccc(/C2=C/C=C\CCc3cc(C(=O)N4CCCC(CC(=O)Nc5ccccc5)[C@@H](C)C4)nn32)cc1OC. The summed E-state index contributed by atoms with van der Waals surface area (Å²) in [5.41, 5.74) is 4.02. The van der Waals surface area contributed by atoms with Gasteiger partial charge in [0.15, 0.2) is 17.2 Å². The normalized spacial score (nSPS) is 20.9. The molecule has 8 nitrogen and oxygen atoms in total. The van der Waals surface area contributed by atoms with Crippen LogP contribution in [-0.2, 0) is 11.2 Å². The Kier molecular flexibility index (Phi) is 8.87. The first-order chi connectivity index (χ1) is 20.0. The van der Waals surface area contributed by atoms with Crippen molar-refractivity contribution in [3.63, 3.8) is 0 Å². The second-order valence-electron chi connectivity index (χ2n) is 10.8. The molecule has 41 heavy (non-hydrogen) atoms. The van der Waals surface area contributed by atoms with Crippen LogP contribution < -0.4 is 14.8 Å². The van der Waals surface area contributed by atoms with Crippen LogP contribution in [0.15, 0.2) is 72.8 Å². The summed E-state index contributed by atoms with van der Waals surface area (Å²) in [5.74, 6) is 1.64. The van der Waals surface area contributed by atoms with E-state index in [1.807, 2.05) is 76.3 Å². The molecule has 5 rings (SSSR count). The van der Waals surface area contributed by atoms with Gasteiger partial charge in [-0.2, -0.15) is 5.10 Å². The molecule has 2 aromatic carbocycles. The summed E-state index contributed by atoms with van der Waals surface area (Å²) in [5, 5.41) is 7.84. The average molecular weight is 555 g/mol. The molecule has 1 N–H and O–H groups in total. The number of methoxy groups -OCH3 is 2. The van der Waals surface area contributed by atoms with E-state index < -0.39 is 0 Å². The molecule has 0 spiro atoms. The van der Waals surface area contributed by atoms with Gasteiger partial charge in [0.1, 0.15) is 0 Å². The van der Waals surface area contributed by atoms with Crippen LogP contribution in [0.3, 0.4) is 0 Å². The third-order valence-corrected chi connectivity index (χ3v) is 7.98. The van der Waals surface area contributed by atoms with Crippen molar-refractivity contribution >= 4 is 23.2 Å². The molecule has 2 aliphatic rings. The number of anilines is 1. The zero-order chi connectivity index (χ0) is 28.8. The standard InChI is InChI=1S/C33H38N4O4/c1-23-22-36(18-10-11-24(23)20-32(38)34-26-12-6-4-7-13-26)33(39)28-21-27-14-8-5-9-15-29(37(27)35-28)25-16-17-30(40-2)31(19-25)41-3/h4-7,9,12-13,15-17,19,21,23-24H,8,10-11,14,18,20,22H2,1-3H3,(H,34,38)/b9-5-,29-15-/t23-,24?/m0/s1. The fourth-order valence-corrected chi connectivity index (χ4v) is 5.72. The number of allylic oxidation sites excluding steroid dienone is 3. The largest absolute Gasteiger partial charge is 0.493 e. The van der Waals surface area contributed by atoms with E-state index in [1.165, 1.54) is 0 Å². The van der Waals surface area contributed by atoms with Crippen LogP contribution in [0.4, 0.5) is 5.69 Å². The first kappa shape index (κ1) is 28.2. The summed E-state index contributed by atoms with van der Waals surface area (Å²) < 4.78 is 12.8. The van der Waals surface area contributed by atoms with E-state index in [1.54, 1.807) is 14.2 Å². The number of aromatic nitrogens is 2. The highest BCUT2D eigenvalue weighted by Crippen LogP contribution is 2.33. The van der Waals surface area contributed by atoms with E-state index in [-0.39, 0.29) is 23.7 Å². The predicted octanol–water partition coefficient (Wildman–Crippen LogP) is 5.81. The number of rotatable bonds is 7. The van der Waals surface area contributed by atoms with Gasteiger partial charge in [0, 0.05) is 36.5 Å². The molecule has 3 heterocycles. The van der Waals surface area contributed by atoms with Crippen LogP contribution in [0.5, 0.6) is 11.5 Å². The van der Waals surface area contributed by atoms with Crippen LogP contribution in [-0.4, -0.2) is 53.8 Å². The van der Waals surface area contributed by atoms with Gasteiger partial charge in [-0.15, -0.1) is 0 Å². The number of para-hydroxylation sites is 1. The zero-order valence-corrected chi connectivity index (χ0v) is 24.0. The van der Waals surface area contributed by atoms with Crippen molar-refractivity contribution in [2.75, 3.05) is 32.6 Å². The summed E-state index contributed by atoms with van der Waals surface area (Å²) >= 11 is 0. The van der Waals surface area contributed by atoms with E-state index in [2.05, 4.69) is 18.3 Å². The molecular formula is C33H38N4O4.